The Hall–Kier alpha value is -3.19. The molecule has 1 aliphatic rings. The summed E-state index contributed by atoms with van der Waals surface area (Å²) in [6.07, 6.45) is -0.771. The first kappa shape index (κ1) is 18.2. The molecular formula is C21H18N2O4S. The number of ether oxygens (including phenoxy) is 1. The summed E-state index contributed by atoms with van der Waals surface area (Å²) in [5.41, 5.74) is 5.07. The molecule has 3 aromatic rings. The normalized spacial score (nSPS) is 12.3. The van der Waals surface area contributed by atoms with E-state index in [-0.39, 0.29) is 18.9 Å². The third-order valence-corrected chi connectivity index (χ3v) is 5.69. The number of aryl methyl sites for hydroxylation is 1. The van der Waals surface area contributed by atoms with Gasteiger partial charge in [0.05, 0.1) is 12.1 Å². The second-order valence-corrected chi connectivity index (χ2v) is 7.75. The first-order chi connectivity index (χ1) is 13.5. The first-order valence-electron chi connectivity index (χ1n) is 8.83. The molecule has 0 atom stereocenters. The van der Waals surface area contributed by atoms with Crippen molar-refractivity contribution in [3.8, 4) is 11.1 Å². The number of nitrogens with zero attached hydrogens (tertiary/aromatic N) is 1. The number of benzene rings is 2. The van der Waals surface area contributed by atoms with Gasteiger partial charge in [0.2, 0.25) is 0 Å². The van der Waals surface area contributed by atoms with E-state index in [1.165, 1.54) is 22.5 Å². The van der Waals surface area contributed by atoms with Crippen molar-refractivity contribution in [3.05, 3.63) is 70.2 Å². The molecule has 2 N–H and O–H groups in total. The van der Waals surface area contributed by atoms with E-state index in [1.54, 1.807) is 6.92 Å². The zero-order chi connectivity index (χ0) is 19.7. The quantitative estimate of drug-likeness (QED) is 0.668. The molecule has 0 spiro atoms. The maximum absolute atomic E-state index is 12.3. The topological polar surface area (TPSA) is 88.5 Å². The van der Waals surface area contributed by atoms with Gasteiger partial charge in [0.15, 0.2) is 5.13 Å². The average Bonchev–Trinajstić information content (AvgIpc) is 3.17. The van der Waals surface area contributed by atoms with E-state index in [1.807, 2.05) is 24.3 Å². The molecule has 0 aliphatic heterocycles. The molecule has 4 rings (SSSR count). The number of carboxylic acids is 1. The van der Waals surface area contributed by atoms with Crippen molar-refractivity contribution in [2.24, 2.45) is 0 Å². The van der Waals surface area contributed by atoms with Gasteiger partial charge in [-0.15, -0.1) is 11.3 Å². The maximum atomic E-state index is 12.3. The SMILES string of the molecule is Cc1sc(NC(=O)OCC2c3ccccc3-c3ccccc32)nc1CC(=O)O. The summed E-state index contributed by atoms with van der Waals surface area (Å²) in [7, 11) is 0. The Morgan fingerprint density at radius 3 is 2.32 bits per heavy atom. The second-order valence-electron chi connectivity index (χ2n) is 6.54. The summed E-state index contributed by atoms with van der Waals surface area (Å²) >= 11 is 1.23. The molecule has 28 heavy (non-hydrogen) atoms. The van der Waals surface area contributed by atoms with Crippen molar-refractivity contribution >= 4 is 28.5 Å². The number of carbonyl (C=O) groups excluding carboxylic acids is 1. The minimum absolute atomic E-state index is 0.0150. The summed E-state index contributed by atoms with van der Waals surface area (Å²) in [6, 6.07) is 16.3. The fourth-order valence-corrected chi connectivity index (χ4v) is 4.33. The molecule has 0 fully saturated rings. The van der Waals surface area contributed by atoms with Crippen LogP contribution in [0.5, 0.6) is 0 Å². The number of rotatable bonds is 5. The largest absolute Gasteiger partial charge is 0.481 e. The number of aromatic nitrogens is 1. The average molecular weight is 394 g/mol. The molecule has 2 aromatic carbocycles. The van der Waals surface area contributed by atoms with Crippen LogP contribution in [0.3, 0.4) is 0 Å². The number of amides is 1. The van der Waals surface area contributed by atoms with Crippen molar-refractivity contribution in [3.63, 3.8) is 0 Å². The second kappa shape index (κ2) is 7.44. The van der Waals surface area contributed by atoms with Crippen LogP contribution in [0.15, 0.2) is 48.5 Å². The fraction of sp³-hybridized carbons (Fsp3) is 0.190. The van der Waals surface area contributed by atoms with Crippen LogP contribution >= 0.6 is 11.3 Å². The Labute approximate surface area is 165 Å². The van der Waals surface area contributed by atoms with Crippen molar-refractivity contribution < 1.29 is 19.4 Å². The van der Waals surface area contributed by atoms with Crippen molar-refractivity contribution in [2.75, 3.05) is 11.9 Å². The number of thiazole rings is 1. The van der Waals surface area contributed by atoms with Gasteiger partial charge >= 0.3 is 12.1 Å². The number of carboxylic acid groups (broad SMARTS) is 1. The summed E-state index contributed by atoms with van der Waals surface area (Å²) in [6.45, 7) is 1.99. The molecule has 0 bridgehead atoms. The number of aliphatic carboxylic acids is 1. The Bertz CT molecular complexity index is 1010. The molecule has 7 heteroatoms. The molecule has 1 aliphatic carbocycles. The molecule has 0 unspecified atom stereocenters. The summed E-state index contributed by atoms with van der Waals surface area (Å²) < 4.78 is 5.47. The van der Waals surface area contributed by atoms with Crippen LogP contribution in [-0.2, 0) is 16.0 Å². The van der Waals surface area contributed by atoms with Crippen molar-refractivity contribution in [1.29, 1.82) is 0 Å². The molecule has 142 valence electrons. The van der Waals surface area contributed by atoms with Crippen LogP contribution in [0.4, 0.5) is 9.93 Å². The third-order valence-electron chi connectivity index (χ3n) is 4.76. The van der Waals surface area contributed by atoms with E-state index in [0.29, 0.717) is 10.8 Å². The Morgan fingerprint density at radius 1 is 1.11 bits per heavy atom. The van der Waals surface area contributed by atoms with Crippen LogP contribution in [0, 0.1) is 6.92 Å². The van der Waals surface area contributed by atoms with E-state index < -0.39 is 12.1 Å². The molecule has 6 nitrogen and oxygen atoms in total. The minimum atomic E-state index is -0.957. The molecule has 1 aromatic heterocycles. The van der Waals surface area contributed by atoms with Gasteiger partial charge in [0.25, 0.3) is 0 Å². The Morgan fingerprint density at radius 2 is 1.71 bits per heavy atom. The highest BCUT2D eigenvalue weighted by atomic mass is 32.1. The van der Waals surface area contributed by atoms with E-state index >= 15 is 0 Å². The van der Waals surface area contributed by atoms with Gasteiger partial charge in [-0.1, -0.05) is 48.5 Å². The smallest absolute Gasteiger partial charge is 0.413 e. The number of carbonyl (C=O) groups is 2. The monoisotopic (exact) mass is 394 g/mol. The van der Waals surface area contributed by atoms with Gasteiger partial charge < -0.3 is 9.84 Å². The zero-order valence-electron chi connectivity index (χ0n) is 15.1. The van der Waals surface area contributed by atoms with E-state index in [2.05, 4.69) is 34.6 Å². The predicted molar refractivity (Wildman–Crippen MR) is 107 cm³/mol. The Kier molecular flexibility index (Phi) is 4.83. The molecule has 1 amide bonds. The summed E-state index contributed by atoms with van der Waals surface area (Å²) in [4.78, 5) is 28.0. The van der Waals surface area contributed by atoms with Gasteiger partial charge in [-0.05, 0) is 29.2 Å². The van der Waals surface area contributed by atoms with Crippen molar-refractivity contribution in [1.82, 2.24) is 4.98 Å². The highest BCUT2D eigenvalue weighted by Crippen LogP contribution is 2.44. The molecule has 0 saturated heterocycles. The van der Waals surface area contributed by atoms with Gasteiger partial charge in [0.1, 0.15) is 6.61 Å². The molecular weight excluding hydrogens is 376 g/mol. The lowest BCUT2D eigenvalue weighted by atomic mass is 9.98. The molecule has 0 radical (unpaired) electrons. The van der Waals surface area contributed by atoms with Crippen LogP contribution in [0.25, 0.3) is 11.1 Å². The summed E-state index contributed by atoms with van der Waals surface area (Å²) in [5, 5.41) is 11.8. The fourth-order valence-electron chi connectivity index (χ4n) is 3.51. The predicted octanol–water partition coefficient (Wildman–Crippen LogP) is 4.44. The molecule has 1 heterocycles. The molecule has 0 saturated carbocycles. The van der Waals surface area contributed by atoms with E-state index in [9.17, 15) is 9.59 Å². The van der Waals surface area contributed by atoms with Crippen LogP contribution in [0.1, 0.15) is 27.6 Å². The highest BCUT2D eigenvalue weighted by molar-refractivity contribution is 7.15. The van der Waals surface area contributed by atoms with E-state index in [0.717, 1.165) is 16.0 Å². The van der Waals surface area contributed by atoms with Crippen LogP contribution < -0.4 is 5.32 Å². The van der Waals surface area contributed by atoms with Gasteiger partial charge in [0, 0.05) is 10.8 Å². The minimum Gasteiger partial charge on any atom is -0.481 e. The lowest BCUT2D eigenvalue weighted by Gasteiger charge is -2.14. The standard InChI is InChI=1S/C21H18N2O4S/c1-12-18(10-19(24)25)22-20(28-12)23-21(26)27-11-17-15-8-4-2-6-13(15)14-7-3-5-9-16(14)17/h2-9,17H,10-11H2,1H3,(H,24,25)(H,22,23,26). The van der Waals surface area contributed by atoms with Gasteiger partial charge in [-0.3, -0.25) is 10.1 Å². The van der Waals surface area contributed by atoms with Crippen LogP contribution in [-0.4, -0.2) is 28.8 Å². The number of fused-ring (bicyclic) bond motifs is 3. The lowest BCUT2D eigenvalue weighted by molar-refractivity contribution is -0.136. The number of nitrogens with one attached hydrogen (secondary N) is 1. The van der Waals surface area contributed by atoms with Gasteiger partial charge in [-0.25, -0.2) is 9.78 Å². The maximum Gasteiger partial charge on any atom is 0.413 e. The first-order valence-corrected chi connectivity index (χ1v) is 9.64. The zero-order valence-corrected chi connectivity index (χ0v) is 16.0. The van der Waals surface area contributed by atoms with Crippen LogP contribution in [0.2, 0.25) is 0 Å². The number of hydrogen-bond donors (Lipinski definition) is 2. The number of anilines is 1. The van der Waals surface area contributed by atoms with E-state index in [4.69, 9.17) is 9.84 Å². The van der Waals surface area contributed by atoms with Gasteiger partial charge in [-0.2, -0.15) is 0 Å². The number of hydrogen-bond acceptors (Lipinski definition) is 5. The highest BCUT2D eigenvalue weighted by Gasteiger charge is 2.29. The Balaban J connectivity index is 1.45. The third kappa shape index (κ3) is 3.48. The lowest BCUT2D eigenvalue weighted by Crippen LogP contribution is -2.17. The summed E-state index contributed by atoms with van der Waals surface area (Å²) in [5.74, 6) is -0.972. The van der Waals surface area contributed by atoms with Crippen molar-refractivity contribution in [2.45, 2.75) is 19.3 Å².